The molecule has 1 aliphatic rings. The molecule has 1 heterocycles. The average Bonchev–Trinajstić information content (AvgIpc) is 2.49. The number of hydrogen-bond acceptors (Lipinski definition) is 3. The van der Waals surface area contributed by atoms with Gasteiger partial charge in [0.05, 0.1) is 10.2 Å². The number of rotatable bonds is 4. The molecule has 0 aliphatic carbocycles. The largest absolute Gasteiger partial charge is 0.259 e. The predicted molar refractivity (Wildman–Crippen MR) is 59.9 cm³/mol. The minimum absolute atomic E-state index is 0.104. The van der Waals surface area contributed by atoms with Crippen molar-refractivity contribution in [3.63, 3.8) is 0 Å². The highest BCUT2D eigenvalue weighted by Gasteiger charge is 2.34. The van der Waals surface area contributed by atoms with Gasteiger partial charge >= 0.3 is 0 Å². The van der Waals surface area contributed by atoms with E-state index in [0.717, 1.165) is 12.2 Å². The van der Waals surface area contributed by atoms with Crippen molar-refractivity contribution in [1.82, 2.24) is 0 Å². The summed E-state index contributed by atoms with van der Waals surface area (Å²) in [7, 11) is 0. The van der Waals surface area contributed by atoms with E-state index in [1.807, 2.05) is 0 Å². The van der Waals surface area contributed by atoms with Gasteiger partial charge in [0.2, 0.25) is 0 Å². The Bertz CT molecular complexity index is 251. The maximum absolute atomic E-state index is 10.7. The van der Waals surface area contributed by atoms with Crippen LogP contribution >= 0.6 is 11.8 Å². The van der Waals surface area contributed by atoms with Gasteiger partial charge in [-0.15, -0.1) is 11.8 Å². The Hall–Kier alpha value is -0.510. The molecule has 0 aromatic carbocycles. The van der Waals surface area contributed by atoms with E-state index in [1.54, 1.807) is 17.8 Å². The summed E-state index contributed by atoms with van der Waals surface area (Å²) in [6, 6.07) is 0. The number of thioether (sulfide) groups is 1. The highest BCUT2D eigenvalue weighted by molar-refractivity contribution is 8.00. The first-order valence-electron chi connectivity index (χ1n) is 4.98. The van der Waals surface area contributed by atoms with Crippen LogP contribution in [0.1, 0.15) is 27.2 Å². The first-order valence-corrected chi connectivity index (χ1v) is 6.03. The lowest BCUT2D eigenvalue weighted by atomic mass is 9.94. The molecule has 0 N–H and O–H groups in total. The van der Waals surface area contributed by atoms with E-state index >= 15 is 0 Å². The molecule has 0 saturated heterocycles. The van der Waals surface area contributed by atoms with Gasteiger partial charge in [-0.2, -0.15) is 0 Å². The van der Waals surface area contributed by atoms with Gasteiger partial charge in [0.1, 0.15) is 0 Å². The van der Waals surface area contributed by atoms with E-state index < -0.39 is 0 Å². The molecule has 0 saturated carbocycles. The lowest BCUT2D eigenvalue weighted by Crippen LogP contribution is -2.20. The summed E-state index contributed by atoms with van der Waals surface area (Å²) < 4.78 is 0. The van der Waals surface area contributed by atoms with Gasteiger partial charge in [-0.05, 0) is 18.3 Å². The average molecular weight is 215 g/mol. The fourth-order valence-electron chi connectivity index (χ4n) is 1.94. The maximum atomic E-state index is 10.7. The maximum Gasteiger partial charge on any atom is 0.256 e. The van der Waals surface area contributed by atoms with Crippen molar-refractivity contribution in [2.24, 2.45) is 11.8 Å². The summed E-state index contributed by atoms with van der Waals surface area (Å²) in [6.45, 7) is 6.43. The Kier molecular flexibility index (Phi) is 3.98. The summed E-state index contributed by atoms with van der Waals surface area (Å²) in [5, 5.41) is 10.8. The molecule has 14 heavy (non-hydrogen) atoms. The van der Waals surface area contributed by atoms with Crippen molar-refractivity contribution >= 4 is 11.8 Å². The second-order valence-electron chi connectivity index (χ2n) is 4.25. The lowest BCUT2D eigenvalue weighted by molar-refractivity contribution is -0.427. The predicted octanol–water partition coefficient (Wildman–Crippen LogP) is 2.94. The third kappa shape index (κ3) is 2.74. The molecule has 0 amide bonds. The van der Waals surface area contributed by atoms with Crippen LogP contribution in [-0.2, 0) is 0 Å². The van der Waals surface area contributed by atoms with Crippen LogP contribution < -0.4 is 0 Å². The van der Waals surface area contributed by atoms with Crippen LogP contribution in [0.15, 0.2) is 11.8 Å². The zero-order valence-corrected chi connectivity index (χ0v) is 9.71. The van der Waals surface area contributed by atoms with E-state index in [0.29, 0.717) is 17.5 Å². The van der Waals surface area contributed by atoms with Crippen LogP contribution in [-0.4, -0.2) is 15.9 Å². The molecule has 4 heteroatoms. The van der Waals surface area contributed by atoms with E-state index in [-0.39, 0.29) is 10.2 Å². The van der Waals surface area contributed by atoms with Gasteiger partial charge in [-0.25, -0.2) is 0 Å². The molecule has 2 atom stereocenters. The molecule has 3 nitrogen and oxygen atoms in total. The molecule has 0 bridgehead atoms. The van der Waals surface area contributed by atoms with E-state index in [2.05, 4.69) is 20.8 Å². The number of nitro groups is 1. The highest BCUT2D eigenvalue weighted by atomic mass is 32.2. The van der Waals surface area contributed by atoms with Crippen LogP contribution in [0.2, 0.25) is 0 Å². The second-order valence-corrected chi connectivity index (χ2v) is 5.42. The Morgan fingerprint density at radius 1 is 1.64 bits per heavy atom. The zero-order chi connectivity index (χ0) is 10.7. The van der Waals surface area contributed by atoms with Crippen LogP contribution in [0.25, 0.3) is 0 Å². The summed E-state index contributed by atoms with van der Waals surface area (Å²) in [5.74, 6) is 1.81. The topological polar surface area (TPSA) is 43.1 Å². The van der Waals surface area contributed by atoms with Crippen molar-refractivity contribution in [1.29, 1.82) is 0 Å². The van der Waals surface area contributed by atoms with Crippen molar-refractivity contribution in [2.45, 2.75) is 32.4 Å². The summed E-state index contributed by atoms with van der Waals surface area (Å²) in [4.78, 5) is 10.5. The van der Waals surface area contributed by atoms with Crippen LogP contribution in [0.3, 0.4) is 0 Å². The Morgan fingerprint density at radius 2 is 2.29 bits per heavy atom. The van der Waals surface area contributed by atoms with E-state index in [4.69, 9.17) is 0 Å². The molecule has 0 fully saturated rings. The van der Waals surface area contributed by atoms with Crippen LogP contribution in [0, 0.1) is 22.0 Å². The minimum atomic E-state index is -0.221. The van der Waals surface area contributed by atoms with E-state index in [1.165, 1.54) is 0 Å². The first-order chi connectivity index (χ1) is 6.52. The van der Waals surface area contributed by atoms with Gasteiger partial charge in [0.15, 0.2) is 0 Å². The smallest absolute Gasteiger partial charge is 0.256 e. The van der Waals surface area contributed by atoms with Gasteiger partial charge in [-0.1, -0.05) is 20.8 Å². The number of nitrogens with zero attached hydrogens (tertiary/aromatic N) is 1. The Morgan fingerprint density at radius 3 is 2.79 bits per heavy atom. The third-order valence-electron chi connectivity index (χ3n) is 2.43. The Labute approximate surface area is 89.1 Å². The van der Waals surface area contributed by atoms with Gasteiger partial charge in [-0.3, -0.25) is 10.1 Å². The molecular formula is C10H17NO2S. The van der Waals surface area contributed by atoms with Gasteiger partial charge in [0, 0.05) is 11.8 Å². The quantitative estimate of drug-likeness (QED) is 0.535. The second kappa shape index (κ2) is 4.82. The molecule has 80 valence electrons. The first kappa shape index (κ1) is 11.6. The highest BCUT2D eigenvalue weighted by Crippen LogP contribution is 2.35. The normalized spacial score (nSPS) is 23.7. The van der Waals surface area contributed by atoms with Gasteiger partial charge < -0.3 is 0 Å². The van der Waals surface area contributed by atoms with Crippen LogP contribution in [0.5, 0.6) is 0 Å². The fraction of sp³-hybridized carbons (Fsp3) is 0.800. The number of hydrogen-bond donors (Lipinski definition) is 0. The third-order valence-corrected chi connectivity index (χ3v) is 3.85. The standard InChI is InChI=1S/C10H17NO2S/c1-7(2)6-8(3)10-9(11(12)13)4-5-14-10/h4,7-8,10H,5-6H2,1-3H3. The van der Waals surface area contributed by atoms with Crippen molar-refractivity contribution in [3.05, 3.63) is 21.9 Å². The summed E-state index contributed by atoms with van der Waals surface area (Å²) >= 11 is 1.69. The molecule has 0 radical (unpaired) electrons. The monoisotopic (exact) mass is 215 g/mol. The molecule has 1 rings (SSSR count). The summed E-state index contributed by atoms with van der Waals surface area (Å²) in [5.41, 5.74) is 0.420. The fourth-order valence-corrected chi connectivity index (χ4v) is 3.21. The van der Waals surface area contributed by atoms with Crippen LogP contribution in [0.4, 0.5) is 0 Å². The minimum Gasteiger partial charge on any atom is -0.259 e. The molecule has 0 aromatic rings. The molecule has 0 spiro atoms. The Balaban J connectivity index is 2.60. The SMILES string of the molecule is CC(C)CC(C)C1SCC=C1[N+](=O)[O-]. The molecular weight excluding hydrogens is 198 g/mol. The van der Waals surface area contributed by atoms with Crippen molar-refractivity contribution in [3.8, 4) is 0 Å². The zero-order valence-electron chi connectivity index (χ0n) is 8.90. The summed E-state index contributed by atoms with van der Waals surface area (Å²) in [6.07, 6.45) is 2.81. The van der Waals surface area contributed by atoms with Crippen molar-refractivity contribution < 1.29 is 4.92 Å². The van der Waals surface area contributed by atoms with Gasteiger partial charge in [0.25, 0.3) is 5.70 Å². The lowest BCUT2D eigenvalue weighted by Gasteiger charge is -2.19. The molecule has 2 unspecified atom stereocenters. The van der Waals surface area contributed by atoms with Crippen molar-refractivity contribution in [2.75, 3.05) is 5.75 Å². The molecule has 0 aromatic heterocycles. The van der Waals surface area contributed by atoms with E-state index in [9.17, 15) is 10.1 Å². The molecule has 1 aliphatic heterocycles.